The molecule has 1 aliphatic heterocycles. The lowest BCUT2D eigenvalue weighted by molar-refractivity contribution is -0.0508. The van der Waals surface area contributed by atoms with Crippen molar-refractivity contribution in [3.63, 3.8) is 0 Å². The Balaban J connectivity index is 1.59. The maximum Gasteiger partial charge on any atom is 0.164 e. The van der Waals surface area contributed by atoms with Crippen LogP contribution in [0.2, 0.25) is 0 Å². The molecule has 0 unspecified atom stereocenters. The highest BCUT2D eigenvalue weighted by Gasteiger charge is 2.43. The van der Waals surface area contributed by atoms with E-state index in [1.807, 2.05) is 18.2 Å². The van der Waals surface area contributed by atoms with Gasteiger partial charge in [-0.3, -0.25) is 0 Å². The second-order valence-electron chi connectivity index (χ2n) is 6.28. The summed E-state index contributed by atoms with van der Waals surface area (Å²) in [6, 6.07) is 9.99. The fraction of sp³-hybridized carbons (Fsp3) is 0.333. The van der Waals surface area contributed by atoms with Gasteiger partial charge < -0.3 is 24.6 Å². The van der Waals surface area contributed by atoms with Crippen molar-refractivity contribution in [2.45, 2.75) is 35.3 Å². The molecule has 9 heteroatoms. The molecule has 7 nitrogen and oxygen atoms in total. The van der Waals surface area contributed by atoms with E-state index in [0.717, 1.165) is 20.6 Å². The smallest absolute Gasteiger partial charge is 0.164 e. The third kappa shape index (κ3) is 3.63. The summed E-state index contributed by atoms with van der Waals surface area (Å²) in [5, 5.41) is 31.2. The topological polar surface area (TPSA) is 101 Å². The average molecular weight is 452 g/mol. The van der Waals surface area contributed by atoms with Crippen molar-refractivity contribution in [3.05, 3.63) is 52.9 Å². The molecule has 3 aromatic rings. The third-order valence-electron chi connectivity index (χ3n) is 4.55. The maximum atomic E-state index is 10.3. The van der Waals surface area contributed by atoms with E-state index in [0.29, 0.717) is 5.65 Å². The number of fused-ring (bicyclic) bond motifs is 1. The third-order valence-corrected chi connectivity index (χ3v) is 6.16. The number of nitrogens with zero attached hydrogens (tertiary/aromatic N) is 3. The van der Waals surface area contributed by atoms with Crippen molar-refractivity contribution in [1.29, 1.82) is 0 Å². The van der Waals surface area contributed by atoms with Crippen LogP contribution in [0.3, 0.4) is 0 Å². The van der Waals surface area contributed by atoms with Gasteiger partial charge in [0.05, 0.1) is 12.0 Å². The number of hydrogen-bond acceptors (Lipinski definition) is 7. The Kier molecular flexibility index (Phi) is 5.49. The molecule has 3 N–H and O–H groups in total. The SMILES string of the molecule is OC[C@H]1O[C@@H](n2ccc3c(SCc4ccc(Br)cc4)ncnc32)[C@H](O)[C@@H]1O. The Morgan fingerprint density at radius 1 is 1.11 bits per heavy atom. The van der Waals surface area contributed by atoms with Crippen LogP contribution in [0.5, 0.6) is 0 Å². The Morgan fingerprint density at radius 2 is 1.89 bits per heavy atom. The van der Waals surface area contributed by atoms with Gasteiger partial charge in [0.2, 0.25) is 0 Å². The molecule has 0 aliphatic carbocycles. The van der Waals surface area contributed by atoms with E-state index in [-0.39, 0.29) is 6.61 Å². The number of aliphatic hydroxyl groups excluding tert-OH is 3. The first-order valence-corrected chi connectivity index (χ1v) is 10.2. The molecular weight excluding hydrogens is 434 g/mol. The van der Waals surface area contributed by atoms with Gasteiger partial charge in [-0.15, -0.1) is 11.8 Å². The molecule has 0 saturated carbocycles. The van der Waals surface area contributed by atoms with Crippen molar-refractivity contribution in [3.8, 4) is 0 Å². The number of hydrogen-bond donors (Lipinski definition) is 3. The zero-order chi connectivity index (χ0) is 19.0. The molecule has 142 valence electrons. The number of rotatable bonds is 5. The van der Waals surface area contributed by atoms with E-state index in [1.165, 1.54) is 11.9 Å². The molecule has 0 bridgehead atoms. The first-order valence-electron chi connectivity index (χ1n) is 8.39. The molecule has 0 amide bonds. The first kappa shape index (κ1) is 18.9. The number of benzene rings is 1. The van der Waals surface area contributed by atoms with E-state index < -0.39 is 24.5 Å². The average Bonchev–Trinajstić information content (AvgIpc) is 3.23. The minimum Gasteiger partial charge on any atom is -0.394 e. The van der Waals surface area contributed by atoms with Crippen molar-refractivity contribution >= 4 is 38.7 Å². The predicted molar refractivity (Wildman–Crippen MR) is 104 cm³/mol. The second kappa shape index (κ2) is 7.86. The van der Waals surface area contributed by atoms with Crippen molar-refractivity contribution in [2.75, 3.05) is 6.61 Å². The Bertz CT molecular complexity index is 936. The fourth-order valence-corrected chi connectivity index (χ4v) is 4.31. The molecule has 4 atom stereocenters. The van der Waals surface area contributed by atoms with E-state index >= 15 is 0 Å². The number of ether oxygens (including phenoxy) is 1. The molecule has 0 spiro atoms. The molecule has 1 fully saturated rings. The molecule has 3 heterocycles. The highest BCUT2D eigenvalue weighted by molar-refractivity contribution is 9.10. The summed E-state index contributed by atoms with van der Waals surface area (Å²) in [5.41, 5.74) is 1.79. The number of thioether (sulfide) groups is 1. The number of aromatic nitrogens is 3. The van der Waals surface area contributed by atoms with Crippen LogP contribution in [0.1, 0.15) is 11.8 Å². The van der Waals surface area contributed by atoms with E-state index in [4.69, 9.17) is 4.74 Å². The van der Waals surface area contributed by atoms with Crippen molar-refractivity contribution < 1.29 is 20.1 Å². The minimum absolute atomic E-state index is 0.364. The summed E-state index contributed by atoms with van der Waals surface area (Å²) in [6.07, 6.45) is -0.700. The van der Waals surface area contributed by atoms with Crippen molar-refractivity contribution in [1.82, 2.24) is 14.5 Å². The molecule has 0 radical (unpaired) electrons. The number of aliphatic hydroxyl groups is 3. The van der Waals surface area contributed by atoms with Gasteiger partial charge in [0.15, 0.2) is 6.23 Å². The zero-order valence-corrected chi connectivity index (χ0v) is 16.5. The Morgan fingerprint density at radius 3 is 2.59 bits per heavy atom. The lowest BCUT2D eigenvalue weighted by Gasteiger charge is -2.17. The van der Waals surface area contributed by atoms with Crippen LogP contribution in [0.25, 0.3) is 11.0 Å². The van der Waals surface area contributed by atoms with Gasteiger partial charge in [0, 0.05) is 16.4 Å². The number of halogens is 1. The monoisotopic (exact) mass is 451 g/mol. The zero-order valence-electron chi connectivity index (χ0n) is 14.1. The van der Waals surface area contributed by atoms with E-state index in [2.05, 4.69) is 38.0 Å². The van der Waals surface area contributed by atoms with Gasteiger partial charge in [-0.25, -0.2) is 9.97 Å². The fourth-order valence-electron chi connectivity index (χ4n) is 3.11. The molecule has 2 aromatic heterocycles. The van der Waals surface area contributed by atoms with E-state index in [1.54, 1.807) is 22.5 Å². The van der Waals surface area contributed by atoms with Crippen LogP contribution in [-0.4, -0.2) is 54.8 Å². The summed E-state index contributed by atoms with van der Waals surface area (Å²) in [5.74, 6) is 0.762. The van der Waals surface area contributed by atoms with Crippen LogP contribution < -0.4 is 0 Å². The van der Waals surface area contributed by atoms with Gasteiger partial charge >= 0.3 is 0 Å². The van der Waals surface area contributed by atoms with Crippen LogP contribution in [0, 0.1) is 0 Å². The lowest BCUT2D eigenvalue weighted by Crippen LogP contribution is -2.33. The largest absolute Gasteiger partial charge is 0.394 e. The first-order chi connectivity index (χ1) is 13.1. The Hall–Kier alpha value is -1.49. The standard InChI is InChI=1S/C18H18BrN3O4S/c19-11-3-1-10(2-4-11)8-27-17-12-5-6-22(16(12)20-9-21-17)18-15(25)14(24)13(7-23)26-18/h1-6,9,13-15,18,23-25H,7-8H2/t13-,14-,15-,18-/m1/s1. The lowest BCUT2D eigenvalue weighted by atomic mass is 10.1. The molecule has 4 rings (SSSR count). The van der Waals surface area contributed by atoms with Gasteiger partial charge in [-0.2, -0.15) is 0 Å². The summed E-state index contributed by atoms with van der Waals surface area (Å²) >= 11 is 5.03. The predicted octanol–water partition coefficient (Wildman–Crippen LogP) is 2.10. The highest BCUT2D eigenvalue weighted by Crippen LogP contribution is 2.34. The Labute approximate surface area is 168 Å². The quantitative estimate of drug-likeness (QED) is 0.403. The van der Waals surface area contributed by atoms with Gasteiger partial charge in [-0.05, 0) is 23.8 Å². The van der Waals surface area contributed by atoms with E-state index in [9.17, 15) is 15.3 Å². The maximum absolute atomic E-state index is 10.3. The van der Waals surface area contributed by atoms with Gasteiger partial charge in [0.1, 0.15) is 35.3 Å². The normalized spacial score (nSPS) is 25.3. The van der Waals surface area contributed by atoms with Gasteiger partial charge in [0.25, 0.3) is 0 Å². The summed E-state index contributed by atoms with van der Waals surface area (Å²) in [4.78, 5) is 8.70. The van der Waals surface area contributed by atoms with Crippen LogP contribution >= 0.6 is 27.7 Å². The molecule has 1 aliphatic rings. The molecule has 1 saturated heterocycles. The van der Waals surface area contributed by atoms with Crippen LogP contribution in [0.15, 0.2) is 52.4 Å². The molecule has 27 heavy (non-hydrogen) atoms. The van der Waals surface area contributed by atoms with Gasteiger partial charge in [-0.1, -0.05) is 28.1 Å². The van der Waals surface area contributed by atoms with Crippen LogP contribution in [-0.2, 0) is 10.5 Å². The summed E-state index contributed by atoms with van der Waals surface area (Å²) < 4.78 is 8.32. The van der Waals surface area contributed by atoms with Crippen LogP contribution in [0.4, 0.5) is 0 Å². The highest BCUT2D eigenvalue weighted by atomic mass is 79.9. The molecular formula is C18H18BrN3O4S. The summed E-state index contributed by atoms with van der Waals surface area (Å²) in [6.45, 7) is -0.364. The molecule has 1 aromatic carbocycles. The van der Waals surface area contributed by atoms with Crippen molar-refractivity contribution in [2.24, 2.45) is 0 Å². The second-order valence-corrected chi connectivity index (χ2v) is 8.16. The minimum atomic E-state index is -1.15. The summed E-state index contributed by atoms with van der Waals surface area (Å²) in [7, 11) is 0.